The number of nitrogens with zero attached hydrogens (tertiary/aromatic N) is 2. The van der Waals surface area contributed by atoms with Gasteiger partial charge in [0.05, 0.1) is 13.2 Å². The van der Waals surface area contributed by atoms with E-state index in [1.54, 1.807) is 19.1 Å². The molecular formula is C20H27N3O4. The number of hydrogen-bond donors (Lipinski definition) is 1. The third-order valence-corrected chi connectivity index (χ3v) is 4.94. The Hall–Kier alpha value is -2.38. The Balaban J connectivity index is 1.65. The quantitative estimate of drug-likeness (QED) is 0.582. The SMILES string of the molecule is C=C(C)COc1ccc(C2(C)NC(=O)N(CCN3CCOCC3)C2=O)cc1. The Morgan fingerprint density at radius 1 is 1.22 bits per heavy atom. The number of rotatable bonds is 7. The highest BCUT2D eigenvalue weighted by atomic mass is 16.5. The highest BCUT2D eigenvalue weighted by Gasteiger charge is 2.48. The van der Waals surface area contributed by atoms with Crippen LogP contribution >= 0.6 is 0 Å². The Kier molecular flexibility index (Phi) is 5.82. The number of imide groups is 1. The smallest absolute Gasteiger partial charge is 0.325 e. The fraction of sp³-hybridized carbons (Fsp3) is 0.500. The molecule has 7 heteroatoms. The minimum absolute atomic E-state index is 0.226. The topological polar surface area (TPSA) is 71.1 Å². The van der Waals surface area contributed by atoms with E-state index in [1.807, 2.05) is 19.1 Å². The van der Waals surface area contributed by atoms with Gasteiger partial charge in [-0.2, -0.15) is 0 Å². The molecule has 0 saturated carbocycles. The number of morpholine rings is 1. The summed E-state index contributed by atoms with van der Waals surface area (Å²) >= 11 is 0. The minimum atomic E-state index is -1.06. The standard InChI is InChI=1S/C20H27N3O4/c1-15(2)14-27-17-6-4-16(5-7-17)20(3)18(24)23(19(25)21-20)9-8-22-10-12-26-13-11-22/h4-7H,1,8-14H2,2-3H3,(H,21,25). The number of urea groups is 1. The van der Waals surface area contributed by atoms with Crippen LogP contribution in [0, 0.1) is 0 Å². The van der Waals surface area contributed by atoms with E-state index >= 15 is 0 Å². The largest absolute Gasteiger partial charge is 0.489 e. The highest BCUT2D eigenvalue weighted by molar-refractivity contribution is 6.07. The van der Waals surface area contributed by atoms with Gasteiger partial charge in [-0.25, -0.2) is 4.79 Å². The van der Waals surface area contributed by atoms with Crippen LogP contribution < -0.4 is 10.1 Å². The van der Waals surface area contributed by atoms with E-state index in [0.717, 1.165) is 24.2 Å². The molecule has 1 N–H and O–H groups in total. The summed E-state index contributed by atoms with van der Waals surface area (Å²) in [6.45, 7) is 12.0. The van der Waals surface area contributed by atoms with Crippen LogP contribution in [-0.2, 0) is 15.1 Å². The Morgan fingerprint density at radius 2 is 1.89 bits per heavy atom. The lowest BCUT2D eigenvalue weighted by Crippen LogP contribution is -2.44. The van der Waals surface area contributed by atoms with Crippen LogP contribution in [0.3, 0.4) is 0 Å². The molecule has 0 spiro atoms. The lowest BCUT2D eigenvalue weighted by molar-refractivity contribution is -0.131. The predicted octanol–water partition coefficient (Wildman–Crippen LogP) is 1.74. The van der Waals surface area contributed by atoms with Crippen molar-refractivity contribution in [2.45, 2.75) is 19.4 Å². The summed E-state index contributed by atoms with van der Waals surface area (Å²) in [5.41, 5.74) is 0.604. The van der Waals surface area contributed by atoms with Crippen LogP contribution in [0.2, 0.25) is 0 Å². The van der Waals surface area contributed by atoms with Crippen molar-refractivity contribution >= 4 is 11.9 Å². The zero-order valence-electron chi connectivity index (χ0n) is 16.0. The molecule has 146 valence electrons. The maximum atomic E-state index is 13.0. The predicted molar refractivity (Wildman–Crippen MR) is 102 cm³/mol. The van der Waals surface area contributed by atoms with Gasteiger partial charge in [0.15, 0.2) is 0 Å². The molecule has 27 heavy (non-hydrogen) atoms. The molecule has 3 rings (SSSR count). The molecule has 2 aliphatic heterocycles. The third-order valence-electron chi connectivity index (χ3n) is 4.94. The van der Waals surface area contributed by atoms with E-state index in [0.29, 0.717) is 38.7 Å². The molecule has 2 saturated heterocycles. The number of carbonyl (C=O) groups excluding carboxylic acids is 2. The van der Waals surface area contributed by atoms with E-state index in [1.165, 1.54) is 4.90 Å². The van der Waals surface area contributed by atoms with Crippen molar-refractivity contribution in [1.29, 1.82) is 0 Å². The van der Waals surface area contributed by atoms with Gasteiger partial charge in [0.2, 0.25) is 0 Å². The molecule has 2 heterocycles. The monoisotopic (exact) mass is 373 g/mol. The maximum absolute atomic E-state index is 13.0. The summed E-state index contributed by atoms with van der Waals surface area (Å²) in [6.07, 6.45) is 0. The molecule has 0 bridgehead atoms. The van der Waals surface area contributed by atoms with Gasteiger partial charge in [-0.3, -0.25) is 14.6 Å². The van der Waals surface area contributed by atoms with Crippen LogP contribution in [0.1, 0.15) is 19.4 Å². The van der Waals surface area contributed by atoms with E-state index in [2.05, 4.69) is 16.8 Å². The number of amides is 3. The highest BCUT2D eigenvalue weighted by Crippen LogP contribution is 2.30. The zero-order valence-corrected chi connectivity index (χ0v) is 16.0. The number of carbonyl (C=O) groups is 2. The molecule has 0 radical (unpaired) electrons. The Labute approximate surface area is 159 Å². The molecule has 1 aromatic rings. The second-order valence-electron chi connectivity index (χ2n) is 7.24. The van der Waals surface area contributed by atoms with Gasteiger partial charge in [-0.1, -0.05) is 18.7 Å². The van der Waals surface area contributed by atoms with Crippen LogP contribution in [0.25, 0.3) is 0 Å². The first-order chi connectivity index (χ1) is 12.9. The average Bonchev–Trinajstić information content (AvgIpc) is 2.89. The summed E-state index contributed by atoms with van der Waals surface area (Å²) < 4.78 is 10.9. The van der Waals surface area contributed by atoms with E-state index < -0.39 is 5.54 Å². The van der Waals surface area contributed by atoms with Gasteiger partial charge in [0, 0.05) is 26.2 Å². The van der Waals surface area contributed by atoms with Crippen LogP contribution in [0.15, 0.2) is 36.4 Å². The van der Waals surface area contributed by atoms with Gasteiger partial charge in [-0.15, -0.1) is 0 Å². The van der Waals surface area contributed by atoms with Crippen molar-refractivity contribution in [3.63, 3.8) is 0 Å². The fourth-order valence-electron chi connectivity index (χ4n) is 3.25. The minimum Gasteiger partial charge on any atom is -0.489 e. The molecule has 2 aliphatic rings. The van der Waals surface area contributed by atoms with Crippen molar-refractivity contribution in [2.75, 3.05) is 46.0 Å². The van der Waals surface area contributed by atoms with Crippen LogP contribution in [0.5, 0.6) is 5.75 Å². The van der Waals surface area contributed by atoms with Crippen molar-refractivity contribution in [3.05, 3.63) is 42.0 Å². The van der Waals surface area contributed by atoms with E-state index in [9.17, 15) is 9.59 Å². The molecule has 1 atom stereocenters. The molecule has 7 nitrogen and oxygen atoms in total. The second kappa shape index (κ2) is 8.10. The van der Waals surface area contributed by atoms with Gasteiger partial charge < -0.3 is 14.8 Å². The van der Waals surface area contributed by atoms with Crippen molar-refractivity contribution in [3.8, 4) is 5.75 Å². The molecule has 1 unspecified atom stereocenters. The van der Waals surface area contributed by atoms with E-state index in [-0.39, 0.29) is 11.9 Å². The second-order valence-corrected chi connectivity index (χ2v) is 7.24. The summed E-state index contributed by atoms with van der Waals surface area (Å²) in [4.78, 5) is 28.9. The number of benzene rings is 1. The fourth-order valence-corrected chi connectivity index (χ4v) is 3.25. The first-order valence-electron chi connectivity index (χ1n) is 9.22. The Morgan fingerprint density at radius 3 is 2.52 bits per heavy atom. The third kappa shape index (κ3) is 4.31. The zero-order chi connectivity index (χ0) is 19.4. The lowest BCUT2D eigenvalue weighted by atomic mass is 9.92. The first-order valence-corrected chi connectivity index (χ1v) is 9.22. The molecule has 3 amide bonds. The van der Waals surface area contributed by atoms with Gasteiger partial charge in [-0.05, 0) is 37.1 Å². The molecule has 2 fully saturated rings. The average molecular weight is 373 g/mol. The maximum Gasteiger partial charge on any atom is 0.325 e. The summed E-state index contributed by atoms with van der Waals surface area (Å²) in [5.74, 6) is 0.475. The van der Waals surface area contributed by atoms with Gasteiger partial charge >= 0.3 is 6.03 Å². The normalized spacial score (nSPS) is 23.4. The number of ether oxygens (including phenoxy) is 2. The van der Waals surface area contributed by atoms with Crippen molar-refractivity contribution in [1.82, 2.24) is 15.1 Å². The lowest BCUT2D eigenvalue weighted by Gasteiger charge is -2.28. The summed E-state index contributed by atoms with van der Waals surface area (Å²) in [5, 5.41) is 2.84. The van der Waals surface area contributed by atoms with Gasteiger partial charge in [0.25, 0.3) is 5.91 Å². The molecule has 0 aromatic heterocycles. The first kappa shape index (κ1) is 19.4. The number of hydrogen-bond acceptors (Lipinski definition) is 5. The number of nitrogens with one attached hydrogen (secondary N) is 1. The Bertz CT molecular complexity index is 712. The van der Waals surface area contributed by atoms with E-state index in [4.69, 9.17) is 9.47 Å². The molecule has 0 aliphatic carbocycles. The molecular weight excluding hydrogens is 346 g/mol. The summed E-state index contributed by atoms with van der Waals surface area (Å²) in [6, 6.07) is 6.89. The van der Waals surface area contributed by atoms with Crippen molar-refractivity contribution < 1.29 is 19.1 Å². The van der Waals surface area contributed by atoms with Crippen LogP contribution in [0.4, 0.5) is 4.79 Å². The van der Waals surface area contributed by atoms with Gasteiger partial charge in [0.1, 0.15) is 17.9 Å². The van der Waals surface area contributed by atoms with Crippen LogP contribution in [-0.4, -0.2) is 67.7 Å². The van der Waals surface area contributed by atoms with Crippen molar-refractivity contribution in [2.24, 2.45) is 0 Å². The molecule has 1 aromatic carbocycles. The summed E-state index contributed by atoms with van der Waals surface area (Å²) in [7, 11) is 0.